The van der Waals surface area contributed by atoms with Gasteiger partial charge in [0.05, 0.1) is 11.0 Å². The summed E-state index contributed by atoms with van der Waals surface area (Å²) in [6.07, 6.45) is -0.531. The first-order valence-corrected chi connectivity index (χ1v) is 9.44. The fourth-order valence-corrected chi connectivity index (χ4v) is 2.77. The van der Waals surface area contributed by atoms with E-state index in [0.29, 0.717) is 5.82 Å². The Morgan fingerprint density at radius 1 is 1.07 bits per heavy atom. The summed E-state index contributed by atoms with van der Waals surface area (Å²) in [4.78, 5) is 32.6. The number of benzene rings is 2. The fraction of sp³-hybridized carbons (Fsp3) is 0.318. The van der Waals surface area contributed by atoms with E-state index >= 15 is 0 Å². The highest BCUT2D eigenvalue weighted by atomic mass is 16.6. The number of rotatable bonds is 6. The Morgan fingerprint density at radius 2 is 1.76 bits per heavy atom. The lowest BCUT2D eigenvalue weighted by Crippen LogP contribution is -2.45. The number of carbonyl (C=O) groups excluding carboxylic acids is 2. The smallest absolute Gasteiger partial charge is 0.408 e. The average molecular weight is 395 g/mol. The predicted molar refractivity (Wildman–Crippen MR) is 109 cm³/mol. The van der Waals surface area contributed by atoms with Crippen molar-refractivity contribution in [1.82, 2.24) is 15.3 Å². The van der Waals surface area contributed by atoms with Crippen molar-refractivity contribution in [2.45, 2.75) is 45.4 Å². The molecule has 0 radical (unpaired) electrons. The summed E-state index contributed by atoms with van der Waals surface area (Å²) in [7, 11) is 0. The molecule has 0 aliphatic rings. The van der Waals surface area contributed by atoms with Crippen LogP contribution in [0.2, 0.25) is 0 Å². The number of hydrogen-bond acceptors (Lipinski definition) is 5. The zero-order chi connectivity index (χ0) is 20.9. The van der Waals surface area contributed by atoms with Crippen molar-refractivity contribution < 1.29 is 19.1 Å². The summed E-state index contributed by atoms with van der Waals surface area (Å²) in [5.41, 5.74) is 1.83. The second-order valence-electron chi connectivity index (χ2n) is 7.70. The number of carbonyl (C=O) groups is 2. The minimum atomic E-state index is -0.936. The van der Waals surface area contributed by atoms with Gasteiger partial charge in [-0.2, -0.15) is 0 Å². The number of para-hydroxylation sites is 2. The number of ether oxygens (including phenoxy) is 2. The van der Waals surface area contributed by atoms with Crippen LogP contribution in [0, 0.1) is 0 Å². The highest BCUT2D eigenvalue weighted by molar-refractivity contribution is 5.82. The largest absolute Gasteiger partial charge is 0.459 e. The van der Waals surface area contributed by atoms with Crippen LogP contribution < -0.4 is 5.32 Å². The lowest BCUT2D eigenvalue weighted by molar-refractivity contribution is -0.147. The normalized spacial score (nSPS) is 12.4. The first-order chi connectivity index (χ1) is 13.8. The minimum Gasteiger partial charge on any atom is -0.459 e. The maximum Gasteiger partial charge on any atom is 0.408 e. The van der Waals surface area contributed by atoms with Crippen molar-refractivity contribution in [3.8, 4) is 0 Å². The molecule has 0 aliphatic heterocycles. The van der Waals surface area contributed by atoms with Crippen LogP contribution in [0.25, 0.3) is 11.0 Å². The molecule has 7 heteroatoms. The molecule has 1 amide bonds. The molecule has 3 aromatic rings. The third-order valence-corrected chi connectivity index (χ3v) is 4.04. The van der Waals surface area contributed by atoms with Gasteiger partial charge in [-0.1, -0.05) is 42.5 Å². The first-order valence-electron chi connectivity index (χ1n) is 9.44. The number of amides is 1. The molecule has 2 aromatic carbocycles. The van der Waals surface area contributed by atoms with Gasteiger partial charge in [0.2, 0.25) is 0 Å². The number of imidazole rings is 1. The Labute approximate surface area is 169 Å². The van der Waals surface area contributed by atoms with Crippen molar-refractivity contribution in [3.63, 3.8) is 0 Å². The number of H-pyrrole nitrogens is 1. The van der Waals surface area contributed by atoms with Gasteiger partial charge in [-0.25, -0.2) is 14.6 Å². The van der Waals surface area contributed by atoms with Gasteiger partial charge in [-0.05, 0) is 38.5 Å². The zero-order valence-corrected chi connectivity index (χ0v) is 16.8. The molecule has 1 aromatic heterocycles. The van der Waals surface area contributed by atoms with Crippen LogP contribution in [0.15, 0.2) is 54.6 Å². The number of esters is 1. The topological polar surface area (TPSA) is 93.3 Å². The Kier molecular flexibility index (Phi) is 6.16. The van der Waals surface area contributed by atoms with E-state index in [1.165, 1.54) is 0 Å². The van der Waals surface area contributed by atoms with Gasteiger partial charge in [-0.15, -0.1) is 0 Å². The van der Waals surface area contributed by atoms with E-state index < -0.39 is 23.7 Å². The molecule has 1 atom stereocenters. The van der Waals surface area contributed by atoms with Crippen molar-refractivity contribution in [3.05, 3.63) is 66.0 Å². The highest BCUT2D eigenvalue weighted by Gasteiger charge is 2.27. The molecule has 0 aliphatic carbocycles. The van der Waals surface area contributed by atoms with Crippen LogP contribution in [-0.2, 0) is 27.3 Å². The van der Waals surface area contributed by atoms with Crippen LogP contribution >= 0.6 is 0 Å². The van der Waals surface area contributed by atoms with Crippen LogP contribution in [0.3, 0.4) is 0 Å². The third-order valence-electron chi connectivity index (χ3n) is 4.04. The van der Waals surface area contributed by atoms with Gasteiger partial charge in [0.15, 0.2) is 0 Å². The molecule has 0 saturated carbocycles. The SMILES string of the molecule is CC(C)(C)OC(=O)NC(Cc1nc2ccccc2[nH]1)C(=O)OCc1ccccc1. The number of nitrogens with one attached hydrogen (secondary N) is 2. The van der Waals surface area contributed by atoms with E-state index in [9.17, 15) is 9.59 Å². The standard InChI is InChI=1S/C22H25N3O4/c1-22(2,3)29-21(27)25-18(20(26)28-14-15-9-5-4-6-10-15)13-19-23-16-11-7-8-12-17(16)24-19/h4-12,18H,13-14H2,1-3H3,(H,23,24)(H,25,27). The lowest BCUT2D eigenvalue weighted by Gasteiger charge is -2.22. The van der Waals surface area contributed by atoms with E-state index in [1.807, 2.05) is 54.6 Å². The van der Waals surface area contributed by atoms with Gasteiger partial charge >= 0.3 is 12.1 Å². The van der Waals surface area contributed by atoms with E-state index in [4.69, 9.17) is 9.47 Å². The second kappa shape index (κ2) is 8.77. The maximum atomic E-state index is 12.7. The zero-order valence-electron chi connectivity index (χ0n) is 16.8. The van der Waals surface area contributed by atoms with E-state index in [2.05, 4.69) is 15.3 Å². The van der Waals surface area contributed by atoms with Gasteiger partial charge in [0.25, 0.3) is 0 Å². The molecule has 2 N–H and O–H groups in total. The van der Waals surface area contributed by atoms with Crippen LogP contribution in [0.5, 0.6) is 0 Å². The quantitative estimate of drug-likeness (QED) is 0.620. The van der Waals surface area contributed by atoms with Gasteiger partial charge in [0, 0.05) is 6.42 Å². The molecule has 0 bridgehead atoms. The lowest BCUT2D eigenvalue weighted by atomic mass is 10.2. The van der Waals surface area contributed by atoms with Gasteiger partial charge < -0.3 is 19.8 Å². The summed E-state index contributed by atoms with van der Waals surface area (Å²) in [6.45, 7) is 5.39. The molecule has 0 fully saturated rings. The fourth-order valence-electron chi connectivity index (χ4n) is 2.77. The van der Waals surface area contributed by atoms with E-state index in [1.54, 1.807) is 20.8 Å². The minimum absolute atomic E-state index is 0.117. The van der Waals surface area contributed by atoms with Crippen LogP contribution in [-0.4, -0.2) is 33.7 Å². The Balaban J connectivity index is 1.72. The number of nitrogens with zero attached hydrogens (tertiary/aromatic N) is 1. The van der Waals surface area contributed by atoms with Crippen molar-refractivity contribution >= 4 is 23.1 Å². The van der Waals surface area contributed by atoms with Gasteiger partial charge in [-0.3, -0.25) is 0 Å². The molecule has 0 saturated heterocycles. The summed E-state index contributed by atoms with van der Waals surface area (Å²) < 4.78 is 10.7. The Bertz CT molecular complexity index is 943. The summed E-state index contributed by atoms with van der Waals surface area (Å²) in [6, 6.07) is 16.0. The van der Waals surface area contributed by atoms with Crippen LogP contribution in [0.4, 0.5) is 4.79 Å². The van der Waals surface area contributed by atoms with Crippen molar-refractivity contribution in [2.24, 2.45) is 0 Å². The van der Waals surface area contributed by atoms with E-state index in [0.717, 1.165) is 16.6 Å². The third kappa shape index (κ3) is 6.07. The number of alkyl carbamates (subject to hydrolysis) is 1. The Morgan fingerprint density at radius 3 is 2.45 bits per heavy atom. The summed E-state index contributed by atoms with van der Waals surface area (Å²) in [5, 5.41) is 2.61. The number of hydrogen-bond donors (Lipinski definition) is 2. The average Bonchev–Trinajstić information content (AvgIpc) is 3.07. The molecule has 0 spiro atoms. The molecular formula is C22H25N3O4. The van der Waals surface area contributed by atoms with E-state index in [-0.39, 0.29) is 13.0 Å². The molecular weight excluding hydrogens is 370 g/mol. The monoisotopic (exact) mass is 395 g/mol. The molecule has 1 heterocycles. The Hall–Kier alpha value is -3.35. The summed E-state index contributed by atoms with van der Waals surface area (Å²) in [5.74, 6) is 0.0177. The number of fused-ring (bicyclic) bond motifs is 1. The molecule has 29 heavy (non-hydrogen) atoms. The number of aromatic nitrogens is 2. The molecule has 1 unspecified atom stereocenters. The van der Waals surface area contributed by atoms with Gasteiger partial charge in [0.1, 0.15) is 24.1 Å². The molecule has 3 rings (SSSR count). The van der Waals surface area contributed by atoms with Crippen LogP contribution in [0.1, 0.15) is 32.2 Å². The summed E-state index contributed by atoms with van der Waals surface area (Å²) >= 11 is 0. The van der Waals surface area contributed by atoms with Crippen molar-refractivity contribution in [1.29, 1.82) is 0 Å². The highest BCUT2D eigenvalue weighted by Crippen LogP contribution is 2.13. The predicted octanol–water partition coefficient (Wildman–Crippen LogP) is 3.74. The first kappa shape index (κ1) is 20.4. The second-order valence-corrected chi connectivity index (χ2v) is 7.70. The maximum absolute atomic E-state index is 12.7. The molecule has 7 nitrogen and oxygen atoms in total. The number of aromatic amines is 1. The molecule has 152 valence electrons. The van der Waals surface area contributed by atoms with Crippen molar-refractivity contribution in [2.75, 3.05) is 0 Å².